The topological polar surface area (TPSA) is 32.5 Å². The standard InChI is InChI=1S/C21H29N3O/c1-17-5-6-20(25-17)16-24-10-7-21(8-11-24)12-19(21)15-23(2)14-18-4-3-9-22-13-18/h3-6,9,13,19H,7-8,10-12,14-16H2,1-2H3/t19-/m1/s1. The van der Waals surface area contributed by atoms with Gasteiger partial charge in [-0.05, 0) is 81.4 Å². The van der Waals surface area contributed by atoms with Gasteiger partial charge in [0.25, 0.3) is 0 Å². The fourth-order valence-corrected chi connectivity index (χ4v) is 4.49. The maximum absolute atomic E-state index is 5.73. The molecule has 4 nitrogen and oxygen atoms in total. The zero-order chi connectivity index (χ0) is 17.3. The summed E-state index contributed by atoms with van der Waals surface area (Å²) >= 11 is 0. The first-order chi connectivity index (χ1) is 12.1. The number of likely N-dealkylation sites (tertiary alicyclic amines) is 1. The Morgan fingerprint density at radius 2 is 2.12 bits per heavy atom. The molecule has 2 aromatic heterocycles. The van der Waals surface area contributed by atoms with Gasteiger partial charge in [0.15, 0.2) is 0 Å². The summed E-state index contributed by atoms with van der Waals surface area (Å²) in [5.74, 6) is 3.00. The van der Waals surface area contributed by atoms with Gasteiger partial charge in [0.1, 0.15) is 11.5 Å². The maximum Gasteiger partial charge on any atom is 0.118 e. The highest BCUT2D eigenvalue weighted by Crippen LogP contribution is 2.59. The molecule has 0 aromatic carbocycles. The Kier molecular flexibility index (Phi) is 4.65. The molecule has 1 spiro atoms. The van der Waals surface area contributed by atoms with Crippen LogP contribution in [0.4, 0.5) is 0 Å². The second kappa shape index (κ2) is 6.93. The van der Waals surface area contributed by atoms with Crippen LogP contribution in [0, 0.1) is 18.3 Å². The Morgan fingerprint density at radius 1 is 1.28 bits per heavy atom. The van der Waals surface area contributed by atoms with Crippen LogP contribution in [-0.2, 0) is 13.1 Å². The third-order valence-corrected chi connectivity index (χ3v) is 6.09. The minimum Gasteiger partial charge on any atom is -0.465 e. The molecule has 2 aromatic rings. The lowest BCUT2D eigenvalue weighted by atomic mass is 9.90. The van der Waals surface area contributed by atoms with Crippen LogP contribution < -0.4 is 0 Å². The van der Waals surface area contributed by atoms with E-state index in [1.807, 2.05) is 25.4 Å². The molecule has 3 heterocycles. The van der Waals surface area contributed by atoms with Gasteiger partial charge in [-0.1, -0.05) is 6.07 Å². The SMILES string of the molecule is Cc1ccc(CN2CCC3(CC2)C[C@@H]3CN(C)Cc2cccnc2)o1. The fourth-order valence-electron chi connectivity index (χ4n) is 4.49. The number of aromatic nitrogens is 1. The van der Waals surface area contributed by atoms with Gasteiger partial charge < -0.3 is 9.32 Å². The molecule has 0 amide bonds. The van der Waals surface area contributed by atoms with Gasteiger partial charge in [-0.15, -0.1) is 0 Å². The number of rotatable bonds is 6. The number of furan rings is 1. The Morgan fingerprint density at radius 3 is 2.80 bits per heavy atom. The molecular weight excluding hydrogens is 310 g/mol. The van der Waals surface area contributed by atoms with Crippen molar-refractivity contribution in [1.82, 2.24) is 14.8 Å². The zero-order valence-corrected chi connectivity index (χ0v) is 15.4. The summed E-state index contributed by atoms with van der Waals surface area (Å²) in [6, 6.07) is 8.38. The molecule has 4 rings (SSSR count). The lowest BCUT2D eigenvalue weighted by Crippen LogP contribution is -2.35. The van der Waals surface area contributed by atoms with Crippen LogP contribution in [0.1, 0.15) is 36.3 Å². The van der Waals surface area contributed by atoms with Gasteiger partial charge in [-0.25, -0.2) is 0 Å². The molecule has 1 atom stereocenters. The number of piperidine rings is 1. The molecule has 1 saturated heterocycles. The van der Waals surface area contributed by atoms with Crippen LogP contribution in [0.15, 0.2) is 41.1 Å². The van der Waals surface area contributed by atoms with Crippen molar-refractivity contribution in [2.45, 2.75) is 39.3 Å². The third-order valence-electron chi connectivity index (χ3n) is 6.09. The van der Waals surface area contributed by atoms with Crippen molar-refractivity contribution in [1.29, 1.82) is 0 Å². The number of hydrogen-bond acceptors (Lipinski definition) is 4. The predicted molar refractivity (Wildman–Crippen MR) is 99.1 cm³/mol. The van der Waals surface area contributed by atoms with Crippen molar-refractivity contribution < 1.29 is 4.42 Å². The first-order valence-corrected chi connectivity index (χ1v) is 9.48. The highest BCUT2D eigenvalue weighted by atomic mass is 16.3. The van der Waals surface area contributed by atoms with Gasteiger partial charge in [0, 0.05) is 25.5 Å². The number of aryl methyl sites for hydroxylation is 1. The smallest absolute Gasteiger partial charge is 0.118 e. The van der Waals surface area contributed by atoms with E-state index in [4.69, 9.17) is 4.42 Å². The van der Waals surface area contributed by atoms with E-state index in [0.29, 0.717) is 5.41 Å². The number of hydrogen-bond donors (Lipinski definition) is 0. The molecule has 134 valence electrons. The summed E-state index contributed by atoms with van der Waals surface area (Å²) in [6.07, 6.45) is 7.93. The largest absolute Gasteiger partial charge is 0.465 e. The Bertz CT molecular complexity index is 688. The molecule has 1 saturated carbocycles. The minimum atomic E-state index is 0.624. The highest BCUT2D eigenvalue weighted by molar-refractivity contribution is 5.10. The van der Waals surface area contributed by atoms with Crippen molar-refractivity contribution in [3.8, 4) is 0 Å². The minimum absolute atomic E-state index is 0.624. The average Bonchev–Trinajstić information content (AvgIpc) is 3.08. The van der Waals surface area contributed by atoms with Crippen molar-refractivity contribution in [2.24, 2.45) is 11.3 Å². The van der Waals surface area contributed by atoms with Crippen molar-refractivity contribution in [2.75, 3.05) is 26.7 Å². The van der Waals surface area contributed by atoms with Gasteiger partial charge >= 0.3 is 0 Å². The van der Waals surface area contributed by atoms with Gasteiger partial charge in [-0.3, -0.25) is 9.88 Å². The second-order valence-corrected chi connectivity index (χ2v) is 8.11. The summed E-state index contributed by atoms with van der Waals surface area (Å²) in [7, 11) is 2.24. The van der Waals surface area contributed by atoms with Crippen LogP contribution in [0.2, 0.25) is 0 Å². The zero-order valence-electron chi connectivity index (χ0n) is 15.4. The number of nitrogens with zero attached hydrogens (tertiary/aromatic N) is 3. The summed E-state index contributed by atoms with van der Waals surface area (Å²) in [6.45, 7) is 7.63. The van der Waals surface area contributed by atoms with Gasteiger partial charge in [-0.2, -0.15) is 0 Å². The normalized spacial score (nSPS) is 22.6. The van der Waals surface area contributed by atoms with Gasteiger partial charge in [0.2, 0.25) is 0 Å². The van der Waals surface area contributed by atoms with Crippen LogP contribution in [0.5, 0.6) is 0 Å². The van der Waals surface area contributed by atoms with Crippen molar-refractivity contribution in [3.05, 3.63) is 53.7 Å². The molecule has 1 aliphatic heterocycles. The van der Waals surface area contributed by atoms with E-state index < -0.39 is 0 Å². The van der Waals surface area contributed by atoms with Crippen molar-refractivity contribution >= 4 is 0 Å². The Balaban J connectivity index is 1.23. The van der Waals surface area contributed by atoms with Crippen molar-refractivity contribution in [3.63, 3.8) is 0 Å². The molecule has 1 aliphatic carbocycles. The molecular formula is C21H29N3O. The molecule has 0 bridgehead atoms. The fraction of sp³-hybridized carbons (Fsp3) is 0.571. The molecule has 0 radical (unpaired) electrons. The average molecular weight is 339 g/mol. The molecule has 2 aliphatic rings. The van der Waals surface area contributed by atoms with E-state index in [2.05, 4.69) is 40.0 Å². The molecule has 0 unspecified atom stereocenters. The van der Waals surface area contributed by atoms with E-state index in [-0.39, 0.29) is 0 Å². The number of pyridine rings is 1. The second-order valence-electron chi connectivity index (χ2n) is 8.11. The Labute approximate surface area is 150 Å². The van der Waals surface area contributed by atoms with Crippen LogP contribution in [-0.4, -0.2) is 41.5 Å². The molecule has 0 N–H and O–H groups in total. The van der Waals surface area contributed by atoms with Crippen LogP contribution in [0.3, 0.4) is 0 Å². The summed E-state index contributed by atoms with van der Waals surface area (Å²) in [5.41, 5.74) is 1.93. The first kappa shape index (κ1) is 16.8. The molecule has 2 fully saturated rings. The predicted octanol–water partition coefficient (Wildman–Crippen LogP) is 3.72. The van der Waals surface area contributed by atoms with E-state index in [0.717, 1.165) is 30.5 Å². The van der Waals surface area contributed by atoms with E-state index >= 15 is 0 Å². The molecule has 4 heteroatoms. The summed E-state index contributed by atoms with van der Waals surface area (Å²) in [4.78, 5) is 9.24. The van der Waals surface area contributed by atoms with Crippen LogP contribution >= 0.6 is 0 Å². The molecule has 25 heavy (non-hydrogen) atoms. The monoisotopic (exact) mass is 339 g/mol. The third kappa shape index (κ3) is 3.96. The highest BCUT2D eigenvalue weighted by Gasteiger charge is 2.54. The maximum atomic E-state index is 5.73. The van der Waals surface area contributed by atoms with E-state index in [9.17, 15) is 0 Å². The summed E-state index contributed by atoms with van der Waals surface area (Å²) < 4.78 is 5.73. The lowest BCUT2D eigenvalue weighted by molar-refractivity contribution is 0.140. The quantitative estimate of drug-likeness (QED) is 0.803. The van der Waals surface area contributed by atoms with E-state index in [1.54, 1.807) is 0 Å². The van der Waals surface area contributed by atoms with E-state index in [1.165, 1.54) is 44.5 Å². The van der Waals surface area contributed by atoms with Gasteiger partial charge in [0.05, 0.1) is 6.54 Å². The Hall–Kier alpha value is -1.65. The lowest BCUT2D eigenvalue weighted by Gasteiger charge is -2.33. The van der Waals surface area contributed by atoms with Crippen LogP contribution in [0.25, 0.3) is 0 Å². The first-order valence-electron chi connectivity index (χ1n) is 9.48. The summed E-state index contributed by atoms with van der Waals surface area (Å²) in [5, 5.41) is 0.